The molecule has 0 saturated carbocycles. The second-order valence-electron chi connectivity index (χ2n) is 5.82. The highest BCUT2D eigenvalue weighted by Crippen LogP contribution is 2.31. The number of hydrogen-bond acceptors (Lipinski definition) is 1. The molecule has 0 bridgehead atoms. The number of hydrogen-bond donors (Lipinski definition) is 1. The minimum atomic E-state index is 0.739. The molecular weight excluding hydrogens is 232 g/mol. The Morgan fingerprint density at radius 1 is 1.11 bits per heavy atom. The normalized spacial score (nSPS) is 16.1. The van der Waals surface area contributed by atoms with Gasteiger partial charge >= 0.3 is 0 Å². The van der Waals surface area contributed by atoms with Gasteiger partial charge in [-0.1, -0.05) is 18.9 Å². The molecule has 0 unspecified atom stereocenters. The monoisotopic (exact) mass is 256 g/mol. The maximum Gasteiger partial charge on any atom is 0.0483 e. The molecule has 1 aromatic carbocycles. The van der Waals surface area contributed by atoms with Crippen LogP contribution in [0.5, 0.6) is 0 Å². The highest BCUT2D eigenvalue weighted by Gasteiger charge is 2.15. The van der Waals surface area contributed by atoms with Gasteiger partial charge in [0, 0.05) is 24.1 Å². The van der Waals surface area contributed by atoms with Crippen molar-refractivity contribution < 1.29 is 0 Å². The molecule has 19 heavy (non-hydrogen) atoms. The minimum absolute atomic E-state index is 0.739. The van der Waals surface area contributed by atoms with E-state index in [1.165, 1.54) is 55.0 Å². The van der Waals surface area contributed by atoms with E-state index in [0.717, 1.165) is 13.0 Å². The van der Waals surface area contributed by atoms with E-state index >= 15 is 0 Å². The number of aryl methyl sites for hydroxylation is 3. The van der Waals surface area contributed by atoms with Crippen molar-refractivity contribution in [1.82, 2.24) is 4.57 Å². The zero-order valence-corrected chi connectivity index (χ0v) is 11.9. The highest BCUT2D eigenvalue weighted by atomic mass is 14.9. The third-order valence-electron chi connectivity index (χ3n) is 4.48. The van der Waals surface area contributed by atoms with E-state index in [9.17, 15) is 0 Å². The molecule has 1 aliphatic carbocycles. The van der Waals surface area contributed by atoms with Crippen LogP contribution in [0.3, 0.4) is 0 Å². The number of benzene rings is 1. The Labute approximate surface area is 115 Å². The first kappa shape index (κ1) is 12.7. The molecule has 2 nitrogen and oxygen atoms in total. The summed E-state index contributed by atoms with van der Waals surface area (Å²) in [5.41, 5.74) is 11.8. The van der Waals surface area contributed by atoms with Crippen LogP contribution in [0.15, 0.2) is 18.3 Å². The van der Waals surface area contributed by atoms with Gasteiger partial charge in [0.1, 0.15) is 0 Å². The summed E-state index contributed by atoms with van der Waals surface area (Å²) in [6.07, 6.45) is 11.2. The summed E-state index contributed by atoms with van der Waals surface area (Å²) in [7, 11) is 2.15. The number of nitrogens with two attached hydrogens (primary N) is 1. The number of nitrogens with zero attached hydrogens (tertiary/aromatic N) is 1. The number of rotatable bonds is 2. The van der Waals surface area contributed by atoms with E-state index in [0.29, 0.717) is 0 Å². The Bertz CT molecular complexity index is 580. The van der Waals surface area contributed by atoms with E-state index in [1.54, 1.807) is 11.1 Å². The fourth-order valence-electron chi connectivity index (χ4n) is 3.53. The molecular formula is C17H24N2. The lowest BCUT2D eigenvalue weighted by atomic mass is 9.89. The Hall–Kier alpha value is -1.28. The van der Waals surface area contributed by atoms with E-state index in [4.69, 9.17) is 5.73 Å². The molecule has 2 heteroatoms. The van der Waals surface area contributed by atoms with Crippen LogP contribution in [-0.2, 0) is 26.3 Å². The van der Waals surface area contributed by atoms with Crippen molar-refractivity contribution in [3.05, 3.63) is 35.0 Å². The lowest BCUT2D eigenvalue weighted by Crippen LogP contribution is -2.04. The predicted octanol–water partition coefficient (Wildman–Crippen LogP) is 3.34. The average Bonchev–Trinajstić information content (AvgIpc) is 2.67. The van der Waals surface area contributed by atoms with Gasteiger partial charge in [-0.15, -0.1) is 0 Å². The SMILES string of the molecule is Cn1cc(CCN)c2c3c(ccc21)CCCCCC3. The van der Waals surface area contributed by atoms with Gasteiger partial charge in [-0.05, 0) is 61.4 Å². The van der Waals surface area contributed by atoms with Gasteiger partial charge in [-0.3, -0.25) is 0 Å². The largest absolute Gasteiger partial charge is 0.350 e. The van der Waals surface area contributed by atoms with Crippen LogP contribution in [0.2, 0.25) is 0 Å². The van der Waals surface area contributed by atoms with Gasteiger partial charge in [-0.25, -0.2) is 0 Å². The van der Waals surface area contributed by atoms with Crippen LogP contribution in [0.25, 0.3) is 10.9 Å². The van der Waals surface area contributed by atoms with Gasteiger partial charge in [0.05, 0.1) is 0 Å². The Morgan fingerprint density at radius 2 is 1.89 bits per heavy atom. The molecule has 0 atom stereocenters. The number of fused-ring (bicyclic) bond motifs is 3. The predicted molar refractivity (Wildman–Crippen MR) is 81.6 cm³/mol. The first-order chi connectivity index (χ1) is 9.31. The maximum absolute atomic E-state index is 5.78. The van der Waals surface area contributed by atoms with Crippen LogP contribution in [0.4, 0.5) is 0 Å². The summed E-state index contributed by atoms with van der Waals surface area (Å²) < 4.78 is 2.26. The Balaban J connectivity index is 2.19. The summed E-state index contributed by atoms with van der Waals surface area (Å²) in [5.74, 6) is 0. The third-order valence-corrected chi connectivity index (χ3v) is 4.48. The van der Waals surface area contributed by atoms with E-state index in [-0.39, 0.29) is 0 Å². The van der Waals surface area contributed by atoms with E-state index in [2.05, 4.69) is 29.9 Å². The first-order valence-electron chi connectivity index (χ1n) is 7.60. The molecule has 1 aromatic heterocycles. The summed E-state index contributed by atoms with van der Waals surface area (Å²) >= 11 is 0. The molecule has 0 amide bonds. The molecule has 2 aromatic rings. The molecule has 0 aliphatic heterocycles. The molecule has 0 fully saturated rings. The molecule has 0 radical (unpaired) electrons. The Morgan fingerprint density at radius 3 is 2.68 bits per heavy atom. The quantitative estimate of drug-likeness (QED) is 0.878. The zero-order valence-electron chi connectivity index (χ0n) is 11.9. The molecule has 3 rings (SSSR count). The van der Waals surface area contributed by atoms with Crippen LogP contribution in [-0.4, -0.2) is 11.1 Å². The van der Waals surface area contributed by atoms with Crippen molar-refractivity contribution in [2.75, 3.05) is 6.54 Å². The van der Waals surface area contributed by atoms with Gasteiger partial charge in [0.15, 0.2) is 0 Å². The van der Waals surface area contributed by atoms with Gasteiger partial charge < -0.3 is 10.3 Å². The molecule has 102 valence electrons. The summed E-state index contributed by atoms with van der Waals surface area (Å²) in [5, 5.41) is 1.51. The van der Waals surface area contributed by atoms with Gasteiger partial charge in [0.2, 0.25) is 0 Å². The standard InChI is InChI=1S/C17H24N2/c1-19-12-14(10-11-18)17-15-7-5-3-2-4-6-13(15)8-9-16(17)19/h8-9,12H,2-7,10-11,18H2,1H3. The van der Waals surface area contributed by atoms with E-state index < -0.39 is 0 Å². The first-order valence-corrected chi connectivity index (χ1v) is 7.60. The zero-order chi connectivity index (χ0) is 13.2. The van der Waals surface area contributed by atoms with Crippen LogP contribution in [0, 0.1) is 0 Å². The number of aromatic nitrogens is 1. The Kier molecular flexibility index (Phi) is 3.61. The maximum atomic E-state index is 5.78. The van der Waals surface area contributed by atoms with Crippen molar-refractivity contribution in [3.8, 4) is 0 Å². The molecule has 0 saturated heterocycles. The second kappa shape index (κ2) is 5.38. The summed E-state index contributed by atoms with van der Waals surface area (Å²) in [6.45, 7) is 0.739. The van der Waals surface area contributed by atoms with Crippen molar-refractivity contribution in [2.45, 2.75) is 44.9 Å². The average molecular weight is 256 g/mol. The lowest BCUT2D eigenvalue weighted by Gasteiger charge is -2.16. The van der Waals surface area contributed by atoms with Gasteiger partial charge in [-0.2, -0.15) is 0 Å². The van der Waals surface area contributed by atoms with Gasteiger partial charge in [0.25, 0.3) is 0 Å². The molecule has 0 spiro atoms. The second-order valence-corrected chi connectivity index (χ2v) is 5.82. The fourth-order valence-corrected chi connectivity index (χ4v) is 3.53. The van der Waals surface area contributed by atoms with E-state index in [1.807, 2.05) is 0 Å². The van der Waals surface area contributed by atoms with Crippen molar-refractivity contribution in [2.24, 2.45) is 12.8 Å². The van der Waals surface area contributed by atoms with Crippen LogP contribution < -0.4 is 5.73 Å². The van der Waals surface area contributed by atoms with Crippen LogP contribution >= 0.6 is 0 Å². The van der Waals surface area contributed by atoms with Crippen molar-refractivity contribution >= 4 is 10.9 Å². The topological polar surface area (TPSA) is 30.9 Å². The fraction of sp³-hybridized carbons (Fsp3) is 0.529. The van der Waals surface area contributed by atoms with Crippen molar-refractivity contribution in [1.29, 1.82) is 0 Å². The summed E-state index contributed by atoms with van der Waals surface area (Å²) in [4.78, 5) is 0. The highest BCUT2D eigenvalue weighted by molar-refractivity contribution is 5.88. The molecule has 2 N–H and O–H groups in total. The molecule has 1 heterocycles. The third kappa shape index (κ3) is 2.30. The van der Waals surface area contributed by atoms with Crippen molar-refractivity contribution in [3.63, 3.8) is 0 Å². The minimum Gasteiger partial charge on any atom is -0.350 e. The summed E-state index contributed by atoms with van der Waals surface area (Å²) in [6, 6.07) is 4.66. The smallest absolute Gasteiger partial charge is 0.0483 e. The van der Waals surface area contributed by atoms with Crippen LogP contribution in [0.1, 0.15) is 42.4 Å². The lowest BCUT2D eigenvalue weighted by molar-refractivity contribution is 0.619. The molecule has 1 aliphatic rings.